The van der Waals surface area contributed by atoms with Crippen LogP contribution in [0.15, 0.2) is 18.2 Å². The fraction of sp³-hybridized carbons (Fsp3) is 0.500. The summed E-state index contributed by atoms with van der Waals surface area (Å²) in [4.78, 5) is 14.4. The minimum Gasteiger partial charge on any atom is -0.494 e. The van der Waals surface area contributed by atoms with Crippen molar-refractivity contribution in [3.63, 3.8) is 0 Å². The van der Waals surface area contributed by atoms with Crippen LogP contribution in [-0.4, -0.2) is 41.5 Å². The van der Waals surface area contributed by atoms with Gasteiger partial charge in [-0.05, 0) is 26.0 Å². The molecule has 1 fully saturated rings. The molecule has 104 valence electrons. The van der Waals surface area contributed by atoms with Gasteiger partial charge in [-0.1, -0.05) is 0 Å². The maximum absolute atomic E-state index is 12.5. The lowest BCUT2D eigenvalue weighted by Gasteiger charge is -2.33. The van der Waals surface area contributed by atoms with Crippen molar-refractivity contribution in [3.8, 4) is 5.75 Å². The first-order valence-electron chi connectivity index (χ1n) is 6.54. The maximum Gasteiger partial charge on any atom is 0.254 e. The van der Waals surface area contributed by atoms with Gasteiger partial charge in [-0.2, -0.15) is 11.8 Å². The van der Waals surface area contributed by atoms with Crippen molar-refractivity contribution in [2.75, 3.05) is 30.4 Å². The standard InChI is InChI=1S/C14H20N2O2S/c1-3-18-13-7-11(6-12(15)8-13)14(17)16-4-5-19-9-10(16)2/h6-8,10H,3-5,9,15H2,1-2H3. The molecule has 0 aliphatic carbocycles. The molecule has 0 saturated carbocycles. The van der Waals surface area contributed by atoms with Crippen LogP contribution in [0.5, 0.6) is 5.75 Å². The van der Waals surface area contributed by atoms with Gasteiger partial charge in [-0.15, -0.1) is 0 Å². The molecule has 5 heteroatoms. The second kappa shape index (κ2) is 6.19. The van der Waals surface area contributed by atoms with Gasteiger partial charge in [-0.3, -0.25) is 4.79 Å². The largest absolute Gasteiger partial charge is 0.494 e. The summed E-state index contributed by atoms with van der Waals surface area (Å²) in [5.41, 5.74) is 7.01. The van der Waals surface area contributed by atoms with E-state index in [9.17, 15) is 4.79 Å². The fourth-order valence-corrected chi connectivity index (χ4v) is 3.20. The predicted octanol–water partition coefficient (Wildman–Crippen LogP) is 2.25. The van der Waals surface area contributed by atoms with E-state index in [1.165, 1.54) is 0 Å². The molecule has 1 aliphatic heterocycles. The molecule has 0 bridgehead atoms. The molecule has 1 heterocycles. The van der Waals surface area contributed by atoms with Gasteiger partial charge in [0, 0.05) is 41.4 Å². The molecule has 4 nitrogen and oxygen atoms in total. The highest BCUT2D eigenvalue weighted by Crippen LogP contribution is 2.23. The third-order valence-corrected chi connectivity index (χ3v) is 4.30. The molecule has 19 heavy (non-hydrogen) atoms. The Balaban J connectivity index is 2.22. The average molecular weight is 280 g/mol. The van der Waals surface area contributed by atoms with Crippen molar-refractivity contribution in [2.45, 2.75) is 19.9 Å². The first kappa shape index (κ1) is 14.1. The molecule has 0 aromatic heterocycles. The highest BCUT2D eigenvalue weighted by Gasteiger charge is 2.25. The number of benzene rings is 1. The normalized spacial score (nSPS) is 19.3. The van der Waals surface area contributed by atoms with Gasteiger partial charge in [0.25, 0.3) is 5.91 Å². The molecule has 1 aromatic carbocycles. The molecule has 1 aromatic rings. The summed E-state index contributed by atoms with van der Waals surface area (Å²) in [7, 11) is 0. The van der Waals surface area contributed by atoms with Crippen LogP contribution in [0.4, 0.5) is 5.69 Å². The highest BCUT2D eigenvalue weighted by atomic mass is 32.2. The number of anilines is 1. The van der Waals surface area contributed by atoms with Gasteiger partial charge in [0.2, 0.25) is 0 Å². The number of ether oxygens (including phenoxy) is 1. The monoisotopic (exact) mass is 280 g/mol. The van der Waals surface area contributed by atoms with Crippen LogP contribution < -0.4 is 10.5 Å². The lowest BCUT2D eigenvalue weighted by Crippen LogP contribution is -2.44. The number of rotatable bonds is 3. The third-order valence-electron chi connectivity index (χ3n) is 3.12. The summed E-state index contributed by atoms with van der Waals surface area (Å²) >= 11 is 1.89. The average Bonchev–Trinajstić information content (AvgIpc) is 2.38. The quantitative estimate of drug-likeness (QED) is 0.863. The second-order valence-corrected chi connectivity index (χ2v) is 5.80. The van der Waals surface area contributed by atoms with E-state index in [-0.39, 0.29) is 11.9 Å². The van der Waals surface area contributed by atoms with Gasteiger partial charge >= 0.3 is 0 Å². The van der Waals surface area contributed by atoms with Gasteiger partial charge < -0.3 is 15.4 Å². The Morgan fingerprint density at radius 2 is 2.32 bits per heavy atom. The van der Waals surface area contributed by atoms with E-state index in [0.717, 1.165) is 18.1 Å². The lowest BCUT2D eigenvalue weighted by molar-refractivity contribution is 0.0715. The summed E-state index contributed by atoms with van der Waals surface area (Å²) in [5, 5.41) is 0. The zero-order chi connectivity index (χ0) is 13.8. The number of carbonyl (C=O) groups excluding carboxylic acids is 1. The van der Waals surface area contributed by atoms with Gasteiger partial charge in [0.05, 0.1) is 6.61 Å². The molecule has 2 rings (SSSR count). The molecule has 1 saturated heterocycles. The number of thioether (sulfide) groups is 1. The van der Waals surface area contributed by atoms with Crippen molar-refractivity contribution in [3.05, 3.63) is 23.8 Å². The SMILES string of the molecule is CCOc1cc(N)cc(C(=O)N2CCSCC2C)c1. The van der Waals surface area contributed by atoms with Crippen LogP contribution >= 0.6 is 11.8 Å². The zero-order valence-corrected chi connectivity index (χ0v) is 12.2. The van der Waals surface area contributed by atoms with Crippen molar-refractivity contribution in [2.24, 2.45) is 0 Å². The Bertz CT molecular complexity index is 465. The zero-order valence-electron chi connectivity index (χ0n) is 11.4. The maximum atomic E-state index is 12.5. The second-order valence-electron chi connectivity index (χ2n) is 4.65. The third kappa shape index (κ3) is 3.35. The Morgan fingerprint density at radius 3 is 3.00 bits per heavy atom. The topological polar surface area (TPSA) is 55.6 Å². The fourth-order valence-electron chi connectivity index (χ4n) is 2.19. The number of nitrogen functional groups attached to an aromatic ring is 1. The number of nitrogens with two attached hydrogens (primary N) is 1. The van der Waals surface area contributed by atoms with E-state index in [4.69, 9.17) is 10.5 Å². The van der Waals surface area contributed by atoms with E-state index >= 15 is 0 Å². The van der Waals surface area contributed by atoms with Crippen molar-refractivity contribution in [1.82, 2.24) is 4.90 Å². The van der Waals surface area contributed by atoms with E-state index in [1.54, 1.807) is 18.2 Å². The lowest BCUT2D eigenvalue weighted by atomic mass is 10.1. The molecular weight excluding hydrogens is 260 g/mol. The summed E-state index contributed by atoms with van der Waals surface area (Å²) in [6, 6.07) is 5.51. The minimum absolute atomic E-state index is 0.0426. The molecule has 1 unspecified atom stereocenters. The Hall–Kier alpha value is -1.36. The first-order valence-corrected chi connectivity index (χ1v) is 7.69. The van der Waals surface area contributed by atoms with Crippen molar-refractivity contribution < 1.29 is 9.53 Å². The molecule has 2 N–H and O–H groups in total. The van der Waals surface area contributed by atoms with Crippen LogP contribution in [0.2, 0.25) is 0 Å². The summed E-state index contributed by atoms with van der Waals surface area (Å²) in [6.45, 7) is 5.35. The van der Waals surface area contributed by atoms with E-state index in [1.807, 2.05) is 23.6 Å². The number of hydrogen-bond donors (Lipinski definition) is 1. The molecule has 0 radical (unpaired) electrons. The van der Waals surface area contributed by atoms with Gasteiger partial charge in [-0.25, -0.2) is 0 Å². The molecule has 1 aliphatic rings. The number of amides is 1. The molecule has 0 spiro atoms. The molecule has 1 atom stereocenters. The van der Waals surface area contributed by atoms with Gasteiger partial charge in [0.15, 0.2) is 0 Å². The number of carbonyl (C=O) groups is 1. The van der Waals surface area contributed by atoms with Crippen LogP contribution in [0, 0.1) is 0 Å². The van der Waals surface area contributed by atoms with E-state index in [2.05, 4.69) is 6.92 Å². The van der Waals surface area contributed by atoms with Crippen LogP contribution in [0.25, 0.3) is 0 Å². The molecule has 1 amide bonds. The van der Waals surface area contributed by atoms with Crippen LogP contribution in [0.1, 0.15) is 24.2 Å². The Kier molecular flexibility index (Phi) is 4.58. The Labute approximate surface area is 118 Å². The summed E-state index contributed by atoms with van der Waals surface area (Å²) < 4.78 is 5.44. The summed E-state index contributed by atoms with van der Waals surface area (Å²) in [6.07, 6.45) is 0. The number of hydrogen-bond acceptors (Lipinski definition) is 4. The Morgan fingerprint density at radius 1 is 1.53 bits per heavy atom. The van der Waals surface area contributed by atoms with Crippen LogP contribution in [0.3, 0.4) is 0 Å². The van der Waals surface area contributed by atoms with Crippen LogP contribution in [-0.2, 0) is 0 Å². The highest BCUT2D eigenvalue weighted by molar-refractivity contribution is 7.99. The van der Waals surface area contributed by atoms with Gasteiger partial charge in [0.1, 0.15) is 5.75 Å². The van der Waals surface area contributed by atoms with Crippen molar-refractivity contribution in [1.29, 1.82) is 0 Å². The number of nitrogens with zero attached hydrogens (tertiary/aromatic N) is 1. The van der Waals surface area contributed by atoms with Crippen molar-refractivity contribution >= 4 is 23.4 Å². The molecular formula is C14H20N2O2S. The smallest absolute Gasteiger partial charge is 0.254 e. The minimum atomic E-state index is 0.0426. The summed E-state index contributed by atoms with van der Waals surface area (Å²) in [5.74, 6) is 2.69. The van der Waals surface area contributed by atoms with E-state index in [0.29, 0.717) is 23.6 Å². The first-order chi connectivity index (χ1) is 9.11. The predicted molar refractivity (Wildman–Crippen MR) is 79.8 cm³/mol. The van der Waals surface area contributed by atoms with E-state index < -0.39 is 0 Å².